The maximum atomic E-state index is 3.92. The number of H-pyrrole nitrogens is 1. The van der Waals surface area contributed by atoms with Gasteiger partial charge in [0.1, 0.15) is 0 Å². The van der Waals surface area contributed by atoms with Gasteiger partial charge in [-0.25, -0.2) is 4.98 Å². The second kappa shape index (κ2) is 4.39. The first-order valence-electron chi connectivity index (χ1n) is 3.54. The third-order valence-corrected chi connectivity index (χ3v) is 2.26. The Morgan fingerprint density at radius 2 is 2.60 bits per heavy atom. The van der Waals surface area contributed by atoms with Crippen molar-refractivity contribution in [3.05, 3.63) is 12.5 Å². The van der Waals surface area contributed by atoms with Crippen molar-refractivity contribution in [1.29, 1.82) is 0 Å². The minimum atomic E-state index is 1.17. The van der Waals surface area contributed by atoms with Crippen molar-refractivity contribution < 1.29 is 0 Å². The molecule has 1 aromatic rings. The summed E-state index contributed by atoms with van der Waals surface area (Å²) >= 11 is 1.83. The first-order valence-corrected chi connectivity index (χ1v) is 4.53. The van der Waals surface area contributed by atoms with Gasteiger partial charge < -0.3 is 4.98 Å². The van der Waals surface area contributed by atoms with Gasteiger partial charge in [0.15, 0.2) is 0 Å². The van der Waals surface area contributed by atoms with Crippen molar-refractivity contribution in [2.45, 2.75) is 24.8 Å². The molecule has 0 fully saturated rings. The van der Waals surface area contributed by atoms with E-state index in [0.29, 0.717) is 0 Å². The Morgan fingerprint density at radius 3 is 3.20 bits per heavy atom. The molecule has 0 bridgehead atoms. The van der Waals surface area contributed by atoms with Gasteiger partial charge in [-0.1, -0.05) is 13.3 Å². The molecular formula is C7H12N2S. The van der Waals surface area contributed by atoms with Crippen LogP contribution < -0.4 is 0 Å². The Kier molecular flexibility index (Phi) is 3.36. The highest BCUT2D eigenvalue weighted by Crippen LogP contribution is 2.14. The van der Waals surface area contributed by atoms with E-state index in [-0.39, 0.29) is 0 Å². The fourth-order valence-corrected chi connectivity index (χ4v) is 1.57. The Hall–Kier alpha value is -0.440. The summed E-state index contributed by atoms with van der Waals surface area (Å²) in [6, 6.07) is 0. The topological polar surface area (TPSA) is 28.7 Å². The highest BCUT2D eigenvalue weighted by Gasteiger charge is 1.91. The average Bonchev–Trinajstić information content (AvgIpc) is 2.41. The summed E-state index contributed by atoms with van der Waals surface area (Å²) in [7, 11) is 0. The second-order valence-corrected chi connectivity index (χ2v) is 3.25. The van der Waals surface area contributed by atoms with Crippen LogP contribution in [0.15, 0.2) is 17.6 Å². The fraction of sp³-hybridized carbons (Fsp3) is 0.571. The van der Waals surface area contributed by atoms with Gasteiger partial charge in [-0.15, -0.1) is 11.8 Å². The zero-order valence-electron chi connectivity index (χ0n) is 6.13. The number of aromatic amines is 1. The normalized spacial score (nSPS) is 10.1. The summed E-state index contributed by atoms with van der Waals surface area (Å²) < 4.78 is 0. The molecule has 10 heavy (non-hydrogen) atoms. The number of hydrogen-bond donors (Lipinski definition) is 1. The van der Waals surface area contributed by atoms with E-state index >= 15 is 0 Å². The molecule has 1 rings (SSSR count). The molecule has 0 aliphatic heterocycles. The quantitative estimate of drug-likeness (QED) is 0.535. The van der Waals surface area contributed by atoms with E-state index in [1.807, 2.05) is 18.0 Å². The second-order valence-electron chi connectivity index (χ2n) is 2.12. The maximum Gasteiger partial charge on any atom is 0.0928 e. The van der Waals surface area contributed by atoms with E-state index in [1.54, 1.807) is 6.33 Å². The van der Waals surface area contributed by atoms with Gasteiger partial charge >= 0.3 is 0 Å². The van der Waals surface area contributed by atoms with Crippen molar-refractivity contribution >= 4 is 11.8 Å². The van der Waals surface area contributed by atoms with Crippen LogP contribution in [0.2, 0.25) is 0 Å². The number of imidazole rings is 1. The third-order valence-electron chi connectivity index (χ3n) is 1.23. The van der Waals surface area contributed by atoms with Gasteiger partial charge in [0.2, 0.25) is 0 Å². The molecule has 0 spiro atoms. The average molecular weight is 156 g/mol. The van der Waals surface area contributed by atoms with Crippen LogP contribution in [-0.2, 0) is 0 Å². The van der Waals surface area contributed by atoms with Crippen LogP contribution in [0, 0.1) is 0 Å². The number of unbranched alkanes of at least 4 members (excludes halogenated alkanes) is 1. The van der Waals surface area contributed by atoms with E-state index < -0.39 is 0 Å². The van der Waals surface area contributed by atoms with Crippen LogP contribution in [0.5, 0.6) is 0 Å². The van der Waals surface area contributed by atoms with Crippen molar-refractivity contribution in [2.75, 3.05) is 5.75 Å². The highest BCUT2D eigenvalue weighted by atomic mass is 32.2. The van der Waals surface area contributed by atoms with Crippen LogP contribution in [0.4, 0.5) is 0 Å². The summed E-state index contributed by atoms with van der Waals surface area (Å²) in [5, 5.41) is 1.17. The van der Waals surface area contributed by atoms with Gasteiger partial charge in [-0.3, -0.25) is 0 Å². The minimum Gasteiger partial charge on any atom is -0.340 e. The molecule has 0 amide bonds. The molecule has 0 aromatic carbocycles. The van der Waals surface area contributed by atoms with E-state index in [9.17, 15) is 0 Å². The molecular weight excluding hydrogens is 144 g/mol. The molecule has 0 atom stereocenters. The first-order chi connectivity index (χ1) is 4.93. The standard InChI is InChI=1S/C7H12N2S/c1-2-3-4-10-7-5-8-6-9-7/h5-6H,2-4H2,1H3,(H,8,9). The van der Waals surface area contributed by atoms with E-state index in [2.05, 4.69) is 16.9 Å². The van der Waals surface area contributed by atoms with Crippen LogP contribution in [0.25, 0.3) is 0 Å². The molecule has 0 saturated heterocycles. The van der Waals surface area contributed by atoms with Gasteiger partial charge in [0, 0.05) is 0 Å². The number of nitrogens with one attached hydrogen (secondary N) is 1. The van der Waals surface area contributed by atoms with E-state index in [0.717, 1.165) is 0 Å². The molecule has 2 nitrogen and oxygen atoms in total. The summed E-state index contributed by atoms with van der Waals surface area (Å²) in [4.78, 5) is 6.97. The zero-order valence-corrected chi connectivity index (χ0v) is 6.95. The zero-order chi connectivity index (χ0) is 7.23. The summed E-state index contributed by atoms with van der Waals surface area (Å²) in [5.74, 6) is 1.19. The van der Waals surface area contributed by atoms with Crippen molar-refractivity contribution in [3.8, 4) is 0 Å². The van der Waals surface area contributed by atoms with Crippen LogP contribution in [0.3, 0.4) is 0 Å². The van der Waals surface area contributed by atoms with Gasteiger partial charge in [-0.2, -0.15) is 0 Å². The molecule has 1 N–H and O–H groups in total. The van der Waals surface area contributed by atoms with Crippen molar-refractivity contribution in [2.24, 2.45) is 0 Å². The highest BCUT2D eigenvalue weighted by molar-refractivity contribution is 7.99. The first kappa shape index (κ1) is 7.66. The molecule has 3 heteroatoms. The Bertz CT molecular complexity index is 160. The number of rotatable bonds is 4. The van der Waals surface area contributed by atoms with Crippen LogP contribution in [0.1, 0.15) is 19.8 Å². The smallest absolute Gasteiger partial charge is 0.0928 e. The number of aromatic nitrogens is 2. The fourth-order valence-electron chi connectivity index (χ4n) is 0.649. The number of hydrogen-bond acceptors (Lipinski definition) is 2. The van der Waals surface area contributed by atoms with E-state index in [1.165, 1.54) is 23.6 Å². The SMILES string of the molecule is CCCCSc1cnc[nH]1. The predicted molar refractivity (Wildman–Crippen MR) is 44.2 cm³/mol. The molecule has 1 heterocycles. The Morgan fingerprint density at radius 1 is 1.70 bits per heavy atom. The summed E-state index contributed by atoms with van der Waals surface area (Å²) in [6.45, 7) is 2.20. The summed E-state index contributed by atoms with van der Waals surface area (Å²) in [5.41, 5.74) is 0. The predicted octanol–water partition coefficient (Wildman–Crippen LogP) is 2.30. The van der Waals surface area contributed by atoms with E-state index in [4.69, 9.17) is 0 Å². The Labute approximate surface area is 65.4 Å². The lowest BCUT2D eigenvalue weighted by Crippen LogP contribution is -1.76. The lowest BCUT2D eigenvalue weighted by Gasteiger charge is -1.93. The molecule has 0 saturated carbocycles. The minimum absolute atomic E-state index is 1.17. The molecule has 56 valence electrons. The largest absolute Gasteiger partial charge is 0.340 e. The van der Waals surface area contributed by atoms with Gasteiger partial charge in [0.25, 0.3) is 0 Å². The lowest BCUT2D eigenvalue weighted by atomic mass is 10.4. The van der Waals surface area contributed by atoms with Crippen molar-refractivity contribution in [1.82, 2.24) is 9.97 Å². The van der Waals surface area contributed by atoms with Crippen LogP contribution in [-0.4, -0.2) is 15.7 Å². The van der Waals surface area contributed by atoms with Crippen LogP contribution >= 0.6 is 11.8 Å². The number of thioether (sulfide) groups is 1. The van der Waals surface area contributed by atoms with Crippen molar-refractivity contribution in [3.63, 3.8) is 0 Å². The van der Waals surface area contributed by atoms with Gasteiger partial charge in [-0.05, 0) is 12.2 Å². The summed E-state index contributed by atoms with van der Waals surface area (Å²) in [6.07, 6.45) is 6.12. The lowest BCUT2D eigenvalue weighted by molar-refractivity contribution is 0.895. The third kappa shape index (κ3) is 2.43. The monoisotopic (exact) mass is 156 g/mol. The number of nitrogens with zero attached hydrogens (tertiary/aromatic N) is 1. The van der Waals surface area contributed by atoms with Gasteiger partial charge in [0.05, 0.1) is 17.6 Å². The Balaban J connectivity index is 2.15. The molecule has 0 unspecified atom stereocenters. The molecule has 0 aliphatic carbocycles. The molecule has 1 aromatic heterocycles. The molecule has 0 radical (unpaired) electrons. The maximum absolute atomic E-state index is 3.92. The molecule has 0 aliphatic rings.